The van der Waals surface area contributed by atoms with Crippen molar-refractivity contribution < 1.29 is 23.7 Å². The Morgan fingerprint density at radius 2 is 2.20 bits per heavy atom. The Bertz CT molecular complexity index is 544. The van der Waals surface area contributed by atoms with Crippen molar-refractivity contribution in [2.24, 2.45) is 0 Å². The van der Waals surface area contributed by atoms with E-state index < -0.39 is 36.1 Å². The van der Waals surface area contributed by atoms with Gasteiger partial charge in [0, 0.05) is 19.4 Å². The molecule has 1 aliphatic heterocycles. The molecule has 0 aliphatic carbocycles. The highest BCUT2D eigenvalue weighted by Crippen LogP contribution is 2.39. The van der Waals surface area contributed by atoms with Crippen molar-refractivity contribution in [2.45, 2.75) is 31.1 Å². The maximum absolute atomic E-state index is 12.8. The number of H-pyrrole nitrogens is 1. The van der Waals surface area contributed by atoms with Crippen LogP contribution in [0.4, 0.5) is 8.78 Å². The zero-order valence-corrected chi connectivity index (χ0v) is 10.8. The average molecular weight is 294 g/mol. The Labute approximate surface area is 112 Å². The molecule has 0 bridgehead atoms. The van der Waals surface area contributed by atoms with Gasteiger partial charge < -0.3 is 14.9 Å². The monoisotopic (exact) mass is 294 g/mol. The van der Waals surface area contributed by atoms with Gasteiger partial charge in [0.05, 0.1) is 6.61 Å². The van der Waals surface area contributed by atoms with E-state index >= 15 is 0 Å². The molecule has 1 fully saturated rings. The van der Waals surface area contributed by atoms with Crippen molar-refractivity contribution >= 4 is 0 Å². The highest BCUT2D eigenvalue weighted by molar-refractivity contribution is 4.92. The van der Waals surface area contributed by atoms with Gasteiger partial charge in [-0.1, -0.05) is 0 Å². The molecule has 0 aromatic carbocycles. The van der Waals surface area contributed by atoms with E-state index in [2.05, 4.69) is 0 Å². The predicted octanol–water partition coefficient (Wildman–Crippen LogP) is -0.550. The third-order valence-corrected chi connectivity index (χ3v) is 3.01. The Morgan fingerprint density at radius 3 is 2.65 bits per heavy atom. The molecular formula is C11H16F2N2O5. The first-order valence-electron chi connectivity index (χ1n) is 5.81. The van der Waals surface area contributed by atoms with Crippen LogP contribution in [0.2, 0.25) is 0 Å². The minimum atomic E-state index is -2.84. The molecule has 2 atom stereocenters. The zero-order valence-electron chi connectivity index (χ0n) is 10.8. The fourth-order valence-electron chi connectivity index (χ4n) is 1.95. The number of rotatable bonds is 3. The number of aliphatic hydroxyl groups is 2. The summed E-state index contributed by atoms with van der Waals surface area (Å²) in [6.45, 7) is -0.820. The van der Waals surface area contributed by atoms with Crippen molar-refractivity contribution in [3.8, 4) is 0 Å². The first-order valence-corrected chi connectivity index (χ1v) is 5.81. The Morgan fingerprint density at radius 1 is 1.55 bits per heavy atom. The molecule has 3 N–H and O–H groups in total. The molecule has 7 nitrogen and oxygen atoms in total. The SMILES string of the molecule is CO.O=c1ccn(C2CCC(CO)(C(F)F)O2)c(=O)[nH]1. The van der Waals surface area contributed by atoms with Gasteiger partial charge in [0.2, 0.25) is 0 Å². The first-order chi connectivity index (χ1) is 9.48. The largest absolute Gasteiger partial charge is 0.400 e. The molecule has 20 heavy (non-hydrogen) atoms. The van der Waals surface area contributed by atoms with Crippen LogP contribution in [-0.2, 0) is 4.74 Å². The van der Waals surface area contributed by atoms with Gasteiger partial charge in [-0.3, -0.25) is 14.3 Å². The average Bonchev–Trinajstić information content (AvgIpc) is 2.86. The molecule has 0 amide bonds. The molecule has 114 valence electrons. The van der Waals surface area contributed by atoms with Crippen LogP contribution in [0.3, 0.4) is 0 Å². The second kappa shape index (κ2) is 6.73. The van der Waals surface area contributed by atoms with E-state index in [0.29, 0.717) is 0 Å². The van der Waals surface area contributed by atoms with Gasteiger partial charge in [-0.05, 0) is 12.8 Å². The van der Waals surface area contributed by atoms with E-state index in [4.69, 9.17) is 14.9 Å². The second-order valence-electron chi connectivity index (χ2n) is 4.15. The molecule has 2 heterocycles. The van der Waals surface area contributed by atoms with Crippen LogP contribution in [0.25, 0.3) is 0 Å². The van der Waals surface area contributed by atoms with Crippen molar-refractivity contribution in [3.63, 3.8) is 0 Å². The van der Waals surface area contributed by atoms with Gasteiger partial charge in [0.1, 0.15) is 6.23 Å². The van der Waals surface area contributed by atoms with Crippen molar-refractivity contribution in [1.82, 2.24) is 9.55 Å². The summed E-state index contributed by atoms with van der Waals surface area (Å²) in [6, 6.07) is 1.10. The van der Waals surface area contributed by atoms with E-state index in [1.165, 1.54) is 6.20 Å². The summed E-state index contributed by atoms with van der Waals surface area (Å²) in [7, 11) is 1.00. The Kier molecular flexibility index (Phi) is 5.54. The Balaban J connectivity index is 0.000000956. The van der Waals surface area contributed by atoms with Crippen LogP contribution in [0.1, 0.15) is 19.1 Å². The van der Waals surface area contributed by atoms with Crippen LogP contribution >= 0.6 is 0 Å². The lowest BCUT2D eigenvalue weighted by Gasteiger charge is -2.26. The van der Waals surface area contributed by atoms with E-state index in [1.54, 1.807) is 0 Å². The quantitative estimate of drug-likeness (QED) is 0.694. The number of aliphatic hydroxyl groups excluding tert-OH is 2. The molecule has 0 spiro atoms. The standard InChI is InChI=1S/C10H12F2N2O4.CH4O/c11-8(12)10(5-15)3-1-7(18-10)14-4-2-6(16)13-9(14)17;1-2/h2,4,7-8,15H,1,3,5H2,(H,13,16,17);2H,1H3. The lowest BCUT2D eigenvalue weighted by molar-refractivity contribution is -0.169. The normalized spacial score (nSPS) is 25.4. The molecule has 1 saturated heterocycles. The number of nitrogens with one attached hydrogen (secondary N) is 1. The van der Waals surface area contributed by atoms with Crippen LogP contribution in [0.15, 0.2) is 21.9 Å². The van der Waals surface area contributed by atoms with E-state index in [1.807, 2.05) is 4.98 Å². The van der Waals surface area contributed by atoms with Gasteiger partial charge in [-0.15, -0.1) is 0 Å². The summed E-state index contributed by atoms with van der Waals surface area (Å²) in [4.78, 5) is 24.4. The summed E-state index contributed by atoms with van der Waals surface area (Å²) in [5.41, 5.74) is -3.23. The lowest BCUT2D eigenvalue weighted by atomic mass is 10.0. The number of aromatic nitrogens is 2. The number of hydrogen-bond acceptors (Lipinski definition) is 5. The maximum Gasteiger partial charge on any atom is 0.330 e. The van der Waals surface area contributed by atoms with E-state index in [-0.39, 0.29) is 12.8 Å². The van der Waals surface area contributed by atoms with Gasteiger partial charge >= 0.3 is 5.69 Å². The fourth-order valence-corrected chi connectivity index (χ4v) is 1.95. The molecule has 0 radical (unpaired) electrons. The van der Waals surface area contributed by atoms with E-state index in [9.17, 15) is 18.4 Å². The minimum absolute atomic E-state index is 0.0581. The fraction of sp³-hybridized carbons (Fsp3) is 0.636. The Hall–Kier alpha value is -1.58. The molecule has 2 rings (SSSR count). The molecule has 9 heteroatoms. The third kappa shape index (κ3) is 3.11. The first kappa shape index (κ1) is 16.5. The van der Waals surface area contributed by atoms with Crippen molar-refractivity contribution in [3.05, 3.63) is 33.1 Å². The molecule has 1 aromatic heterocycles. The van der Waals surface area contributed by atoms with Gasteiger partial charge in [-0.2, -0.15) is 0 Å². The predicted molar refractivity (Wildman–Crippen MR) is 64.6 cm³/mol. The molecule has 2 unspecified atom stereocenters. The van der Waals surface area contributed by atoms with Crippen molar-refractivity contribution in [2.75, 3.05) is 13.7 Å². The number of aromatic amines is 1. The summed E-state index contributed by atoms with van der Waals surface area (Å²) in [5.74, 6) is 0. The maximum atomic E-state index is 12.8. The summed E-state index contributed by atoms with van der Waals surface area (Å²) in [5, 5.41) is 16.0. The topological polar surface area (TPSA) is 105 Å². The van der Waals surface area contributed by atoms with Crippen LogP contribution < -0.4 is 11.2 Å². The molecule has 1 aromatic rings. The summed E-state index contributed by atoms with van der Waals surface area (Å²) in [6.07, 6.45) is -2.46. The number of nitrogens with zero attached hydrogens (tertiary/aromatic N) is 1. The third-order valence-electron chi connectivity index (χ3n) is 3.01. The number of alkyl halides is 2. The van der Waals surface area contributed by atoms with Gasteiger partial charge in [0.25, 0.3) is 12.0 Å². The van der Waals surface area contributed by atoms with Crippen LogP contribution in [0.5, 0.6) is 0 Å². The van der Waals surface area contributed by atoms with Crippen LogP contribution in [0, 0.1) is 0 Å². The van der Waals surface area contributed by atoms with Crippen LogP contribution in [-0.4, -0.2) is 45.5 Å². The summed E-state index contributed by atoms with van der Waals surface area (Å²) < 4.78 is 31.8. The highest BCUT2D eigenvalue weighted by Gasteiger charge is 2.48. The van der Waals surface area contributed by atoms with Crippen molar-refractivity contribution in [1.29, 1.82) is 0 Å². The molecule has 1 aliphatic rings. The smallest absolute Gasteiger partial charge is 0.330 e. The van der Waals surface area contributed by atoms with Gasteiger partial charge in [0.15, 0.2) is 5.60 Å². The zero-order chi connectivity index (χ0) is 15.3. The van der Waals surface area contributed by atoms with E-state index in [0.717, 1.165) is 17.7 Å². The molecular weight excluding hydrogens is 278 g/mol. The summed E-state index contributed by atoms with van der Waals surface area (Å²) >= 11 is 0. The minimum Gasteiger partial charge on any atom is -0.400 e. The molecule has 0 saturated carbocycles. The second-order valence-corrected chi connectivity index (χ2v) is 4.15. The number of ether oxygens (including phenoxy) is 1. The lowest BCUT2D eigenvalue weighted by Crippen LogP contribution is -2.42. The highest BCUT2D eigenvalue weighted by atomic mass is 19.3. The number of hydrogen-bond donors (Lipinski definition) is 3. The van der Waals surface area contributed by atoms with Gasteiger partial charge in [-0.25, -0.2) is 13.6 Å². The number of halogens is 2.